The molecular weight excluding hydrogens is 468 g/mol. The monoisotopic (exact) mass is 500 g/mol. The summed E-state index contributed by atoms with van der Waals surface area (Å²) in [6.07, 6.45) is 3.04. The maximum Gasteiger partial charge on any atom is 0.255 e. The van der Waals surface area contributed by atoms with Crippen molar-refractivity contribution < 1.29 is 14.3 Å². The predicted octanol–water partition coefficient (Wildman–Crippen LogP) is 5.17. The molecule has 0 aromatic heterocycles. The number of benzene rings is 3. The molecule has 3 aromatic carbocycles. The maximum atomic E-state index is 13.7. The number of likely N-dealkylation sites (tertiary alicyclic amines) is 1. The summed E-state index contributed by atoms with van der Waals surface area (Å²) in [5.41, 5.74) is 3.91. The van der Waals surface area contributed by atoms with Gasteiger partial charge in [0.2, 0.25) is 5.91 Å². The predicted molar refractivity (Wildman–Crippen MR) is 145 cm³/mol. The van der Waals surface area contributed by atoms with Crippen molar-refractivity contribution in [2.75, 3.05) is 20.2 Å². The SMILES string of the molecule is COc1ccccc1C(=O)NC1CCN(C(=O)[C@H]2CC[C@@](S)(c3ccccc3)c3ccccc32)CC1. The third-order valence-corrected chi connectivity index (χ3v) is 8.34. The van der Waals surface area contributed by atoms with E-state index in [1.807, 2.05) is 47.4 Å². The van der Waals surface area contributed by atoms with E-state index in [0.717, 1.165) is 36.8 Å². The fourth-order valence-corrected chi connectivity index (χ4v) is 6.13. The molecular formula is C30H32N2O3S. The van der Waals surface area contributed by atoms with Crippen LogP contribution in [0.3, 0.4) is 0 Å². The number of fused-ring (bicyclic) bond motifs is 1. The topological polar surface area (TPSA) is 58.6 Å². The van der Waals surface area contributed by atoms with Crippen molar-refractivity contribution in [1.82, 2.24) is 10.2 Å². The Kier molecular flexibility index (Phi) is 7.06. The van der Waals surface area contributed by atoms with Gasteiger partial charge in [-0.25, -0.2) is 0 Å². The van der Waals surface area contributed by atoms with E-state index in [-0.39, 0.29) is 23.8 Å². The molecule has 36 heavy (non-hydrogen) atoms. The Morgan fingerprint density at radius 3 is 2.33 bits per heavy atom. The molecule has 0 bridgehead atoms. The average Bonchev–Trinajstić information content (AvgIpc) is 2.94. The molecule has 2 amide bonds. The molecule has 1 aliphatic heterocycles. The number of piperidine rings is 1. The molecule has 186 valence electrons. The summed E-state index contributed by atoms with van der Waals surface area (Å²) in [7, 11) is 1.57. The Bertz CT molecular complexity index is 1240. The number of carbonyl (C=O) groups excluding carboxylic acids is 2. The first-order chi connectivity index (χ1) is 17.5. The summed E-state index contributed by atoms with van der Waals surface area (Å²) in [6.45, 7) is 1.28. The van der Waals surface area contributed by atoms with Crippen LogP contribution in [0, 0.1) is 0 Å². The lowest BCUT2D eigenvalue weighted by Gasteiger charge is -2.41. The second-order valence-corrected chi connectivity index (χ2v) is 10.4. The summed E-state index contributed by atoms with van der Waals surface area (Å²) >= 11 is 5.17. The number of nitrogens with one attached hydrogen (secondary N) is 1. The highest BCUT2D eigenvalue weighted by atomic mass is 32.1. The van der Waals surface area contributed by atoms with Crippen LogP contribution < -0.4 is 10.1 Å². The van der Waals surface area contributed by atoms with Gasteiger partial charge in [0.05, 0.1) is 23.3 Å². The number of hydrogen-bond acceptors (Lipinski definition) is 4. The second kappa shape index (κ2) is 10.4. The van der Waals surface area contributed by atoms with Gasteiger partial charge >= 0.3 is 0 Å². The van der Waals surface area contributed by atoms with Crippen molar-refractivity contribution in [1.29, 1.82) is 0 Å². The molecule has 5 nitrogen and oxygen atoms in total. The van der Waals surface area contributed by atoms with Crippen LogP contribution in [-0.2, 0) is 9.54 Å². The smallest absolute Gasteiger partial charge is 0.255 e. The third kappa shape index (κ3) is 4.62. The quantitative estimate of drug-likeness (QED) is 0.476. The van der Waals surface area contributed by atoms with Gasteiger partial charge in [-0.15, -0.1) is 0 Å². The van der Waals surface area contributed by atoms with E-state index in [1.54, 1.807) is 19.2 Å². The van der Waals surface area contributed by atoms with Gasteiger partial charge < -0.3 is 15.0 Å². The highest BCUT2D eigenvalue weighted by molar-refractivity contribution is 7.81. The fraction of sp³-hybridized carbons (Fsp3) is 0.333. The molecule has 5 rings (SSSR count). The van der Waals surface area contributed by atoms with Crippen LogP contribution in [0.25, 0.3) is 0 Å². The van der Waals surface area contributed by atoms with Crippen molar-refractivity contribution in [3.63, 3.8) is 0 Å². The van der Waals surface area contributed by atoms with Crippen molar-refractivity contribution in [3.8, 4) is 5.75 Å². The van der Waals surface area contributed by atoms with Gasteiger partial charge in [0, 0.05) is 19.1 Å². The number of hydrogen-bond donors (Lipinski definition) is 2. The zero-order valence-electron chi connectivity index (χ0n) is 20.5. The second-order valence-electron chi connectivity index (χ2n) is 9.68. The van der Waals surface area contributed by atoms with Crippen molar-refractivity contribution in [2.24, 2.45) is 0 Å². The molecule has 0 saturated carbocycles. The number of para-hydroxylation sites is 1. The van der Waals surface area contributed by atoms with E-state index in [9.17, 15) is 9.59 Å². The first kappa shape index (κ1) is 24.4. The molecule has 2 aliphatic rings. The lowest BCUT2D eigenvalue weighted by atomic mass is 9.72. The van der Waals surface area contributed by atoms with E-state index >= 15 is 0 Å². The van der Waals surface area contributed by atoms with Crippen LogP contribution in [0.4, 0.5) is 0 Å². The van der Waals surface area contributed by atoms with Crippen LogP contribution in [0.2, 0.25) is 0 Å². The van der Waals surface area contributed by atoms with Crippen molar-refractivity contribution in [3.05, 3.63) is 101 Å². The Balaban J connectivity index is 1.26. The zero-order valence-corrected chi connectivity index (χ0v) is 21.4. The van der Waals surface area contributed by atoms with Crippen LogP contribution in [0.1, 0.15) is 58.6 Å². The van der Waals surface area contributed by atoms with Gasteiger partial charge in [-0.3, -0.25) is 9.59 Å². The third-order valence-electron chi connectivity index (χ3n) is 7.62. The van der Waals surface area contributed by atoms with Crippen LogP contribution in [-0.4, -0.2) is 43.0 Å². The standard InChI is InChI=1S/C30H32N2O3S/c1-35-27-14-8-6-12-25(27)28(33)31-22-16-19-32(20-17-22)29(34)24-15-18-30(36,21-9-3-2-4-10-21)26-13-7-5-11-23(24)26/h2-14,22,24,36H,15-20H2,1H3,(H,31,33)/t24-,30+/m0/s1. The molecule has 1 N–H and O–H groups in total. The lowest BCUT2D eigenvalue weighted by Crippen LogP contribution is -2.48. The van der Waals surface area contributed by atoms with Gasteiger partial charge in [-0.05, 0) is 54.5 Å². The van der Waals surface area contributed by atoms with Gasteiger partial charge in [0.25, 0.3) is 5.91 Å². The number of ether oxygens (including phenoxy) is 1. The van der Waals surface area contributed by atoms with E-state index in [2.05, 4.69) is 29.6 Å². The Hall–Kier alpha value is -3.25. The minimum atomic E-state index is -0.398. The van der Waals surface area contributed by atoms with E-state index in [1.165, 1.54) is 5.56 Å². The van der Waals surface area contributed by atoms with Crippen molar-refractivity contribution >= 4 is 24.4 Å². The van der Waals surface area contributed by atoms with Crippen LogP contribution in [0.5, 0.6) is 5.75 Å². The summed E-state index contributed by atoms with van der Waals surface area (Å²) in [4.78, 5) is 28.5. The summed E-state index contributed by atoms with van der Waals surface area (Å²) in [5, 5.41) is 3.13. The molecule has 0 unspecified atom stereocenters. The first-order valence-electron chi connectivity index (χ1n) is 12.6. The molecule has 1 heterocycles. The van der Waals surface area contributed by atoms with Gasteiger partial charge in [0.1, 0.15) is 5.75 Å². The van der Waals surface area contributed by atoms with Gasteiger partial charge in [0.15, 0.2) is 0 Å². The van der Waals surface area contributed by atoms with E-state index in [0.29, 0.717) is 24.4 Å². The molecule has 3 aromatic rings. The number of amides is 2. The summed E-state index contributed by atoms with van der Waals surface area (Å²) in [5.74, 6) is 0.448. The van der Waals surface area contributed by atoms with Gasteiger partial charge in [-0.1, -0.05) is 66.7 Å². The molecule has 2 atom stereocenters. The molecule has 1 fully saturated rings. The highest BCUT2D eigenvalue weighted by Crippen LogP contribution is 2.49. The minimum Gasteiger partial charge on any atom is -0.496 e. The highest BCUT2D eigenvalue weighted by Gasteiger charge is 2.42. The number of methoxy groups -OCH3 is 1. The number of thiol groups is 1. The Morgan fingerprint density at radius 2 is 1.58 bits per heavy atom. The van der Waals surface area contributed by atoms with E-state index in [4.69, 9.17) is 17.4 Å². The Morgan fingerprint density at radius 1 is 0.917 bits per heavy atom. The molecule has 0 radical (unpaired) electrons. The Labute approximate surface area is 218 Å². The molecule has 6 heteroatoms. The molecule has 1 saturated heterocycles. The van der Waals surface area contributed by atoms with Crippen molar-refractivity contribution in [2.45, 2.75) is 42.4 Å². The minimum absolute atomic E-state index is 0.0354. The number of nitrogens with zero attached hydrogens (tertiary/aromatic N) is 1. The number of carbonyl (C=O) groups is 2. The summed E-state index contributed by atoms with van der Waals surface area (Å²) < 4.78 is 4.93. The van der Waals surface area contributed by atoms with E-state index < -0.39 is 4.75 Å². The average molecular weight is 501 g/mol. The summed E-state index contributed by atoms with van der Waals surface area (Å²) in [6, 6.07) is 25.9. The number of rotatable bonds is 5. The molecule has 1 aliphatic carbocycles. The fourth-order valence-electron chi connectivity index (χ4n) is 5.65. The normalized spacial score (nSPS) is 21.9. The van der Waals surface area contributed by atoms with Crippen LogP contribution in [0.15, 0.2) is 78.9 Å². The van der Waals surface area contributed by atoms with Gasteiger partial charge in [-0.2, -0.15) is 12.6 Å². The largest absolute Gasteiger partial charge is 0.496 e. The molecule has 0 spiro atoms. The maximum absolute atomic E-state index is 13.7. The zero-order chi connectivity index (χ0) is 25.1. The lowest BCUT2D eigenvalue weighted by molar-refractivity contribution is -0.134. The first-order valence-corrected chi connectivity index (χ1v) is 13.1. The van der Waals surface area contributed by atoms with Crippen LogP contribution >= 0.6 is 12.6 Å².